The quantitative estimate of drug-likeness (QED) is 0.117. The third-order valence-corrected chi connectivity index (χ3v) is 13.5. The first kappa shape index (κ1) is 50.2. The number of nitrogens with one attached hydrogen (secondary N) is 2. The number of carbonyl (C=O) groups is 3. The van der Waals surface area contributed by atoms with E-state index in [2.05, 4.69) is 20.5 Å². The van der Waals surface area contributed by atoms with E-state index in [-0.39, 0.29) is 41.7 Å². The van der Waals surface area contributed by atoms with Crippen LogP contribution in [0.3, 0.4) is 0 Å². The highest BCUT2D eigenvalue weighted by Crippen LogP contribution is 2.43. The number of ether oxygens (including phenoxy) is 4. The van der Waals surface area contributed by atoms with Crippen LogP contribution in [0.15, 0.2) is 60.7 Å². The number of rotatable bonds is 14. The maximum Gasteiger partial charge on any atom is 0.416 e. The largest absolute Gasteiger partial charge is 0.496 e. The minimum atomic E-state index is -4.66. The second-order valence-electron chi connectivity index (χ2n) is 19.7. The van der Waals surface area contributed by atoms with Crippen LogP contribution in [-0.4, -0.2) is 90.0 Å². The van der Waals surface area contributed by atoms with E-state index in [1.54, 1.807) is 46.6 Å². The standard InChI is InChI=1S/C52H67F3N6O7/c1-33(40-26-41(52(53,54)55)28-42(27-40)59-49(63)68-51(3,4)5)56-47-44-29-43(46(65-6)30-45(44)57-34(2)58-47)38-12-14-39(15-13-38)48(62)60-21-16-35(17-22-60)20-25-66-31-37-18-23-61(24-19-37)50(64)67-32-36-10-8-7-9-11-36/h7-11,26-30,33,35,37-39H,12-25,31-32H2,1-6H3,(H,59,63)(H,56,57,58)/t33-,38?,39?/m1/s1. The second-order valence-corrected chi connectivity index (χ2v) is 19.7. The second kappa shape index (κ2) is 22.2. The molecule has 16 heteroatoms. The van der Waals surface area contributed by atoms with Crippen molar-refractivity contribution in [2.45, 2.75) is 123 Å². The molecular formula is C52H67F3N6O7. The van der Waals surface area contributed by atoms with Gasteiger partial charge in [-0.25, -0.2) is 19.6 Å². The summed E-state index contributed by atoms with van der Waals surface area (Å²) >= 11 is 0. The number of fused-ring (bicyclic) bond motifs is 1. The van der Waals surface area contributed by atoms with Crippen molar-refractivity contribution in [3.63, 3.8) is 0 Å². The molecule has 1 aliphatic carbocycles. The Kier molecular flexibility index (Phi) is 16.4. The normalized spacial score (nSPS) is 19.1. The van der Waals surface area contributed by atoms with Gasteiger partial charge in [-0.3, -0.25) is 10.1 Å². The molecule has 7 rings (SSSR count). The van der Waals surface area contributed by atoms with Crippen LogP contribution < -0.4 is 15.4 Å². The van der Waals surface area contributed by atoms with Gasteiger partial charge in [-0.05, 0) is 151 Å². The van der Waals surface area contributed by atoms with E-state index in [1.807, 2.05) is 42.5 Å². The van der Waals surface area contributed by atoms with Crippen molar-refractivity contribution in [2.75, 3.05) is 57.1 Å². The van der Waals surface area contributed by atoms with Gasteiger partial charge in [0.1, 0.15) is 29.6 Å². The van der Waals surface area contributed by atoms with E-state index < -0.39 is 29.5 Å². The monoisotopic (exact) mass is 945 g/mol. The zero-order valence-electron chi connectivity index (χ0n) is 40.3. The lowest BCUT2D eigenvalue weighted by molar-refractivity contribution is -0.138. The summed E-state index contributed by atoms with van der Waals surface area (Å²) in [5, 5.41) is 6.48. The number of nitrogens with zero attached hydrogens (tertiary/aromatic N) is 4. The molecule has 0 spiro atoms. The number of likely N-dealkylation sites (tertiary alicyclic amines) is 2. The first-order valence-electron chi connectivity index (χ1n) is 24.1. The molecule has 2 N–H and O–H groups in total. The molecule has 13 nitrogen and oxygen atoms in total. The molecule has 3 heterocycles. The summed E-state index contributed by atoms with van der Waals surface area (Å²) in [6.07, 6.45) is 2.06. The summed E-state index contributed by atoms with van der Waals surface area (Å²) in [5.41, 5.74) is 1.07. The van der Waals surface area contributed by atoms with Gasteiger partial charge in [-0.2, -0.15) is 13.2 Å². The number of halogens is 3. The maximum absolute atomic E-state index is 14.1. The number of aryl methyl sites for hydroxylation is 1. The fourth-order valence-corrected chi connectivity index (χ4v) is 9.69. The maximum atomic E-state index is 14.1. The summed E-state index contributed by atoms with van der Waals surface area (Å²) in [6.45, 7) is 13.1. The molecule has 1 atom stereocenters. The fraction of sp³-hybridized carbons (Fsp3) is 0.558. The molecular weight excluding hydrogens is 878 g/mol. The topological polar surface area (TPSA) is 144 Å². The zero-order valence-corrected chi connectivity index (χ0v) is 40.3. The van der Waals surface area contributed by atoms with E-state index in [1.165, 1.54) is 6.07 Å². The van der Waals surface area contributed by atoms with Crippen LogP contribution in [-0.2, 0) is 31.8 Å². The van der Waals surface area contributed by atoms with Crippen molar-refractivity contribution in [3.05, 3.63) is 88.7 Å². The molecule has 3 amide bonds. The molecule has 2 aliphatic heterocycles. The number of piperidine rings is 2. The smallest absolute Gasteiger partial charge is 0.416 e. The van der Waals surface area contributed by atoms with Crippen molar-refractivity contribution < 1.29 is 46.5 Å². The minimum Gasteiger partial charge on any atom is -0.496 e. The average Bonchev–Trinajstić information content (AvgIpc) is 3.31. The van der Waals surface area contributed by atoms with Gasteiger partial charge in [0.25, 0.3) is 0 Å². The lowest BCUT2D eigenvalue weighted by atomic mass is 9.77. The summed E-state index contributed by atoms with van der Waals surface area (Å²) in [7, 11) is 1.63. The summed E-state index contributed by atoms with van der Waals surface area (Å²) in [6, 6.07) is 16.4. The lowest BCUT2D eigenvalue weighted by Crippen LogP contribution is -2.42. The fourth-order valence-electron chi connectivity index (χ4n) is 9.69. The van der Waals surface area contributed by atoms with Crippen LogP contribution in [0.2, 0.25) is 0 Å². The highest BCUT2D eigenvalue weighted by atomic mass is 19.4. The Morgan fingerprint density at radius 2 is 1.51 bits per heavy atom. The number of methoxy groups -OCH3 is 1. The molecule has 1 aromatic heterocycles. The van der Waals surface area contributed by atoms with E-state index in [0.29, 0.717) is 66.4 Å². The SMILES string of the molecule is COc1cc2nc(C)nc(N[C@H](C)c3cc(NC(=O)OC(C)(C)C)cc(C(F)(F)F)c3)c2cc1C1CCC(C(=O)N2CCC(CCOCC3CCN(C(=O)OCc4ccccc4)CC3)CC2)CC1. The molecule has 0 bridgehead atoms. The number of carbonyl (C=O) groups excluding carboxylic acids is 3. The van der Waals surface area contributed by atoms with Crippen molar-refractivity contribution in [1.82, 2.24) is 19.8 Å². The van der Waals surface area contributed by atoms with Gasteiger partial charge in [0, 0.05) is 62.5 Å². The molecule has 2 saturated heterocycles. The number of hydrogen-bond donors (Lipinski definition) is 2. The molecule has 68 heavy (non-hydrogen) atoms. The minimum absolute atomic E-state index is 0.0408. The number of hydrogen-bond acceptors (Lipinski definition) is 10. The predicted octanol–water partition coefficient (Wildman–Crippen LogP) is 11.5. The van der Waals surface area contributed by atoms with Gasteiger partial charge in [0.05, 0.1) is 24.2 Å². The number of aromatic nitrogens is 2. The molecule has 0 radical (unpaired) electrons. The van der Waals surface area contributed by atoms with Gasteiger partial charge >= 0.3 is 18.4 Å². The van der Waals surface area contributed by atoms with Crippen molar-refractivity contribution in [3.8, 4) is 5.75 Å². The lowest BCUT2D eigenvalue weighted by Gasteiger charge is -2.36. The average molecular weight is 945 g/mol. The summed E-state index contributed by atoms with van der Waals surface area (Å²) in [4.78, 5) is 52.1. The summed E-state index contributed by atoms with van der Waals surface area (Å²) in [5.74, 6) is 2.89. The van der Waals surface area contributed by atoms with Gasteiger partial charge in [0.15, 0.2) is 0 Å². The number of amides is 3. The van der Waals surface area contributed by atoms with Crippen molar-refractivity contribution >= 4 is 40.5 Å². The Balaban J connectivity index is 0.885. The third kappa shape index (κ3) is 13.5. The van der Waals surface area contributed by atoms with Crippen LogP contribution in [0.1, 0.15) is 126 Å². The first-order chi connectivity index (χ1) is 32.4. The van der Waals surface area contributed by atoms with Crippen LogP contribution in [0.25, 0.3) is 10.9 Å². The van der Waals surface area contributed by atoms with Gasteiger partial charge in [-0.1, -0.05) is 30.3 Å². The molecule has 3 aromatic carbocycles. The number of alkyl halides is 3. The van der Waals surface area contributed by atoms with Crippen molar-refractivity contribution in [1.29, 1.82) is 0 Å². The van der Waals surface area contributed by atoms with E-state index >= 15 is 0 Å². The first-order valence-corrected chi connectivity index (χ1v) is 24.1. The van der Waals surface area contributed by atoms with Crippen LogP contribution >= 0.6 is 0 Å². The van der Waals surface area contributed by atoms with E-state index in [9.17, 15) is 27.6 Å². The van der Waals surface area contributed by atoms with Crippen LogP contribution in [0.4, 0.5) is 34.3 Å². The molecule has 4 aromatic rings. The summed E-state index contributed by atoms with van der Waals surface area (Å²) < 4.78 is 65.1. The van der Waals surface area contributed by atoms with Gasteiger partial charge in [0.2, 0.25) is 5.91 Å². The Morgan fingerprint density at radius 3 is 2.18 bits per heavy atom. The predicted molar refractivity (Wildman–Crippen MR) is 255 cm³/mol. The van der Waals surface area contributed by atoms with Gasteiger partial charge in [-0.15, -0.1) is 0 Å². The van der Waals surface area contributed by atoms with Gasteiger partial charge < -0.3 is 34.1 Å². The van der Waals surface area contributed by atoms with Crippen LogP contribution in [0.5, 0.6) is 5.75 Å². The molecule has 3 aliphatic rings. The highest BCUT2D eigenvalue weighted by molar-refractivity contribution is 5.91. The van der Waals surface area contributed by atoms with Crippen molar-refractivity contribution in [2.24, 2.45) is 17.8 Å². The van der Waals surface area contributed by atoms with E-state index in [0.717, 1.165) is 94.1 Å². The Labute approximate surface area is 397 Å². The Morgan fingerprint density at radius 1 is 0.838 bits per heavy atom. The Hall–Kier alpha value is -5.64. The number of benzene rings is 3. The Bertz CT molecular complexity index is 2350. The van der Waals surface area contributed by atoms with E-state index in [4.69, 9.17) is 23.9 Å². The zero-order chi connectivity index (χ0) is 48.6. The highest BCUT2D eigenvalue weighted by Gasteiger charge is 2.35. The molecule has 3 fully saturated rings. The molecule has 0 unspecified atom stereocenters. The number of anilines is 2. The van der Waals surface area contributed by atoms with Crippen LogP contribution in [0, 0.1) is 24.7 Å². The third-order valence-electron chi connectivity index (χ3n) is 13.5. The molecule has 1 saturated carbocycles. The molecule has 368 valence electrons.